The number of fused-ring (bicyclic) bond motifs is 1. The quantitative estimate of drug-likeness (QED) is 0.268. The maximum absolute atomic E-state index is 12.5. The summed E-state index contributed by atoms with van der Waals surface area (Å²) in [4.78, 5) is 25.9. The van der Waals surface area contributed by atoms with Crippen LogP contribution in [0.4, 0.5) is 5.00 Å². The second kappa shape index (κ2) is 11.7. The summed E-state index contributed by atoms with van der Waals surface area (Å²) < 4.78 is 16.2. The average Bonchev–Trinajstić information content (AvgIpc) is 3.38. The molecular weight excluding hydrogens is 426 g/mol. The van der Waals surface area contributed by atoms with E-state index in [0.717, 1.165) is 48.1 Å². The molecule has 1 N–H and O–H groups in total. The van der Waals surface area contributed by atoms with Crippen LogP contribution in [0.25, 0.3) is 6.08 Å². The molecule has 0 bridgehead atoms. The van der Waals surface area contributed by atoms with E-state index < -0.39 is 5.97 Å². The van der Waals surface area contributed by atoms with Crippen molar-refractivity contribution in [3.8, 4) is 11.5 Å². The topological polar surface area (TPSA) is 73.9 Å². The molecule has 0 unspecified atom stereocenters. The molecule has 1 aromatic heterocycles. The third-order valence-electron chi connectivity index (χ3n) is 5.42. The molecule has 1 aromatic carbocycles. The number of methoxy groups -OCH3 is 2. The molecule has 172 valence electrons. The number of hydrogen-bond donors (Lipinski definition) is 1. The Balaban J connectivity index is 1.64. The third-order valence-corrected chi connectivity index (χ3v) is 6.63. The van der Waals surface area contributed by atoms with Gasteiger partial charge in [0.1, 0.15) is 5.00 Å². The van der Waals surface area contributed by atoms with E-state index in [0.29, 0.717) is 28.7 Å². The summed E-state index contributed by atoms with van der Waals surface area (Å²) in [5.41, 5.74) is 2.32. The first-order chi connectivity index (χ1) is 15.6. The van der Waals surface area contributed by atoms with Gasteiger partial charge in [0.25, 0.3) is 0 Å². The van der Waals surface area contributed by atoms with Crippen LogP contribution in [0.2, 0.25) is 0 Å². The summed E-state index contributed by atoms with van der Waals surface area (Å²) in [6, 6.07) is 5.58. The number of aryl methyl sites for hydroxylation is 1. The Morgan fingerprint density at radius 2 is 1.97 bits per heavy atom. The zero-order chi connectivity index (χ0) is 22.9. The maximum Gasteiger partial charge on any atom is 0.341 e. The molecule has 0 aliphatic heterocycles. The zero-order valence-corrected chi connectivity index (χ0v) is 19.8. The van der Waals surface area contributed by atoms with Crippen LogP contribution in [0.1, 0.15) is 65.4 Å². The highest BCUT2D eigenvalue weighted by molar-refractivity contribution is 7.17. The van der Waals surface area contributed by atoms with E-state index in [2.05, 4.69) is 12.2 Å². The van der Waals surface area contributed by atoms with Crippen molar-refractivity contribution in [2.75, 3.05) is 26.1 Å². The van der Waals surface area contributed by atoms with E-state index in [-0.39, 0.29) is 5.91 Å². The minimum absolute atomic E-state index is 0.301. The van der Waals surface area contributed by atoms with Gasteiger partial charge in [-0.1, -0.05) is 32.3 Å². The predicted molar refractivity (Wildman–Crippen MR) is 128 cm³/mol. The standard InChI is InChI=1S/C25H31NO5S/c1-4-5-6-7-15-31-19-13-11-17(16-20(19)29-2)12-14-22(27)26-24-23(25(28)30-3)18-9-8-10-21(18)32-24/h11-14,16H,4-10,15H2,1-3H3,(H,26,27). The van der Waals surface area contributed by atoms with Gasteiger partial charge < -0.3 is 19.5 Å². The van der Waals surface area contributed by atoms with Crippen LogP contribution < -0.4 is 14.8 Å². The summed E-state index contributed by atoms with van der Waals surface area (Å²) in [6.07, 6.45) is 10.5. The number of ether oxygens (including phenoxy) is 3. The van der Waals surface area contributed by atoms with Gasteiger partial charge in [-0.05, 0) is 55.0 Å². The van der Waals surface area contributed by atoms with Crippen molar-refractivity contribution in [3.63, 3.8) is 0 Å². The molecule has 2 aromatic rings. The van der Waals surface area contributed by atoms with Crippen molar-refractivity contribution in [2.24, 2.45) is 0 Å². The van der Waals surface area contributed by atoms with E-state index in [1.165, 1.54) is 37.4 Å². The number of hydrogen-bond acceptors (Lipinski definition) is 6. The molecule has 1 aliphatic rings. The Hall–Kier alpha value is -2.80. The highest BCUT2D eigenvalue weighted by atomic mass is 32.1. The highest BCUT2D eigenvalue weighted by Gasteiger charge is 2.27. The summed E-state index contributed by atoms with van der Waals surface area (Å²) >= 11 is 1.46. The van der Waals surface area contributed by atoms with Gasteiger partial charge in [-0.25, -0.2) is 4.79 Å². The fourth-order valence-corrected chi connectivity index (χ4v) is 5.03. The van der Waals surface area contributed by atoms with Gasteiger partial charge in [-0.2, -0.15) is 0 Å². The summed E-state index contributed by atoms with van der Waals surface area (Å²) in [5, 5.41) is 3.40. The number of esters is 1. The first-order valence-electron chi connectivity index (χ1n) is 11.1. The van der Waals surface area contributed by atoms with Gasteiger partial charge in [0.05, 0.1) is 26.4 Å². The van der Waals surface area contributed by atoms with Crippen molar-refractivity contribution in [1.29, 1.82) is 0 Å². The van der Waals surface area contributed by atoms with Gasteiger partial charge in [-0.3, -0.25) is 4.79 Å². The first-order valence-corrected chi connectivity index (χ1v) is 11.9. The molecular formula is C25H31NO5S. The lowest BCUT2D eigenvalue weighted by Gasteiger charge is -2.11. The number of thiophene rings is 1. The van der Waals surface area contributed by atoms with Gasteiger partial charge in [0, 0.05) is 11.0 Å². The van der Waals surface area contributed by atoms with E-state index in [4.69, 9.17) is 14.2 Å². The molecule has 1 aliphatic carbocycles. The molecule has 32 heavy (non-hydrogen) atoms. The van der Waals surface area contributed by atoms with Gasteiger partial charge in [0.15, 0.2) is 11.5 Å². The largest absolute Gasteiger partial charge is 0.493 e. The maximum atomic E-state index is 12.5. The number of carbonyl (C=O) groups is 2. The van der Waals surface area contributed by atoms with Crippen LogP contribution in [0.3, 0.4) is 0 Å². The monoisotopic (exact) mass is 457 g/mol. The van der Waals surface area contributed by atoms with Gasteiger partial charge in [-0.15, -0.1) is 11.3 Å². The third kappa shape index (κ3) is 5.91. The number of benzene rings is 1. The Bertz CT molecular complexity index is 979. The minimum atomic E-state index is -0.404. The number of carbonyl (C=O) groups excluding carboxylic acids is 2. The van der Waals surface area contributed by atoms with Crippen LogP contribution in [-0.2, 0) is 22.4 Å². The molecule has 6 nitrogen and oxygen atoms in total. The lowest BCUT2D eigenvalue weighted by atomic mass is 10.1. The fourth-order valence-electron chi connectivity index (χ4n) is 3.75. The van der Waals surface area contributed by atoms with E-state index >= 15 is 0 Å². The molecule has 1 heterocycles. The SMILES string of the molecule is CCCCCCOc1ccc(C=CC(=O)Nc2sc3c(c2C(=O)OC)CCC3)cc1OC. The van der Waals surface area contributed by atoms with Crippen molar-refractivity contribution >= 4 is 34.3 Å². The van der Waals surface area contributed by atoms with Crippen LogP contribution in [0.15, 0.2) is 24.3 Å². The van der Waals surface area contributed by atoms with Crippen LogP contribution in [0.5, 0.6) is 11.5 Å². The predicted octanol–water partition coefficient (Wildman–Crippen LogP) is 5.64. The van der Waals surface area contributed by atoms with E-state index in [9.17, 15) is 9.59 Å². The number of nitrogens with one attached hydrogen (secondary N) is 1. The minimum Gasteiger partial charge on any atom is -0.493 e. The number of anilines is 1. The van der Waals surface area contributed by atoms with Gasteiger partial charge in [0.2, 0.25) is 5.91 Å². The van der Waals surface area contributed by atoms with E-state index in [1.807, 2.05) is 18.2 Å². The first kappa shape index (κ1) is 23.9. The van der Waals surface area contributed by atoms with Gasteiger partial charge >= 0.3 is 5.97 Å². The van der Waals surface area contributed by atoms with E-state index in [1.54, 1.807) is 13.2 Å². The summed E-state index contributed by atoms with van der Waals surface area (Å²) in [7, 11) is 2.96. The van der Waals surface area contributed by atoms with Crippen LogP contribution >= 0.6 is 11.3 Å². The smallest absolute Gasteiger partial charge is 0.341 e. The second-order valence-corrected chi connectivity index (χ2v) is 8.80. The lowest BCUT2D eigenvalue weighted by Crippen LogP contribution is -2.12. The molecule has 1 amide bonds. The Morgan fingerprint density at radius 1 is 1.12 bits per heavy atom. The number of rotatable bonds is 11. The lowest BCUT2D eigenvalue weighted by molar-refractivity contribution is -0.111. The van der Waals surface area contributed by atoms with Crippen LogP contribution in [0, 0.1) is 0 Å². The fraction of sp³-hybridized carbons (Fsp3) is 0.440. The van der Waals surface area contributed by atoms with Crippen molar-refractivity contribution in [2.45, 2.75) is 51.9 Å². The number of amides is 1. The van der Waals surface area contributed by atoms with Crippen molar-refractivity contribution in [1.82, 2.24) is 0 Å². The Labute approximate surface area is 193 Å². The summed E-state index contributed by atoms with van der Waals surface area (Å²) in [6.45, 7) is 2.84. The van der Waals surface area contributed by atoms with Crippen molar-refractivity contribution in [3.05, 3.63) is 45.8 Å². The Kier molecular flexibility index (Phi) is 8.73. The zero-order valence-electron chi connectivity index (χ0n) is 19.0. The normalized spacial score (nSPS) is 12.6. The second-order valence-electron chi connectivity index (χ2n) is 7.70. The molecule has 0 atom stereocenters. The number of unbranched alkanes of at least 4 members (excludes halogenated alkanes) is 3. The summed E-state index contributed by atoms with van der Waals surface area (Å²) in [5.74, 6) is 0.621. The average molecular weight is 458 g/mol. The Morgan fingerprint density at radius 3 is 2.72 bits per heavy atom. The molecule has 0 saturated heterocycles. The van der Waals surface area contributed by atoms with Crippen LogP contribution in [-0.4, -0.2) is 32.7 Å². The molecule has 3 rings (SSSR count). The highest BCUT2D eigenvalue weighted by Crippen LogP contribution is 2.39. The molecule has 0 fully saturated rings. The molecule has 7 heteroatoms. The molecule has 0 radical (unpaired) electrons. The molecule has 0 saturated carbocycles. The molecule has 0 spiro atoms. The van der Waals surface area contributed by atoms with Crippen molar-refractivity contribution < 1.29 is 23.8 Å².